The van der Waals surface area contributed by atoms with Crippen LogP contribution in [-0.2, 0) is 7.05 Å². The van der Waals surface area contributed by atoms with E-state index in [1.165, 1.54) is 12.1 Å². The molecule has 0 amide bonds. The van der Waals surface area contributed by atoms with Gasteiger partial charge in [-0.2, -0.15) is 5.26 Å². The molecule has 3 nitrogen and oxygen atoms in total. The number of aryl methyl sites for hydroxylation is 1. The van der Waals surface area contributed by atoms with Crippen LogP contribution >= 0.6 is 15.9 Å². The first-order valence-corrected chi connectivity index (χ1v) is 6.71. The number of rotatable bonds is 1. The summed E-state index contributed by atoms with van der Waals surface area (Å²) in [5.41, 5.74) is 3.07. The molecule has 0 aliphatic heterocycles. The van der Waals surface area contributed by atoms with Crippen molar-refractivity contribution in [3.8, 4) is 17.5 Å². The standard InChI is InChI=1S/C15H9BrFN3/c1-20-14-6-9(8-18)2-5-13(14)19-15(20)11-4-3-10(17)7-12(11)16/h2-7H,1H3. The lowest BCUT2D eigenvalue weighted by Gasteiger charge is -2.05. The van der Waals surface area contributed by atoms with E-state index in [4.69, 9.17) is 5.26 Å². The maximum absolute atomic E-state index is 13.2. The maximum Gasteiger partial charge on any atom is 0.142 e. The molecule has 0 saturated heterocycles. The second-order valence-corrected chi connectivity index (χ2v) is 5.29. The van der Waals surface area contributed by atoms with Gasteiger partial charge in [0.15, 0.2) is 0 Å². The highest BCUT2D eigenvalue weighted by Crippen LogP contribution is 2.30. The first-order valence-electron chi connectivity index (χ1n) is 5.92. The SMILES string of the molecule is Cn1c(-c2ccc(F)cc2Br)nc2ccc(C#N)cc21. The predicted octanol–water partition coefficient (Wildman–Crippen LogP) is 4.01. The van der Waals surface area contributed by atoms with Crippen LogP contribution < -0.4 is 0 Å². The van der Waals surface area contributed by atoms with Crippen LogP contribution in [-0.4, -0.2) is 9.55 Å². The number of hydrogen-bond donors (Lipinski definition) is 0. The van der Waals surface area contributed by atoms with Crippen molar-refractivity contribution in [1.82, 2.24) is 9.55 Å². The molecular weight excluding hydrogens is 321 g/mol. The first kappa shape index (κ1) is 12.8. The van der Waals surface area contributed by atoms with Crippen molar-refractivity contribution in [2.45, 2.75) is 0 Å². The molecule has 2 aromatic carbocycles. The van der Waals surface area contributed by atoms with E-state index >= 15 is 0 Å². The van der Waals surface area contributed by atoms with Crippen LogP contribution in [0, 0.1) is 17.1 Å². The summed E-state index contributed by atoms with van der Waals surface area (Å²) in [6.45, 7) is 0. The molecule has 0 saturated carbocycles. The highest BCUT2D eigenvalue weighted by molar-refractivity contribution is 9.10. The molecule has 3 rings (SSSR count). The van der Waals surface area contributed by atoms with Crippen molar-refractivity contribution < 1.29 is 4.39 Å². The van der Waals surface area contributed by atoms with Gasteiger partial charge in [-0.15, -0.1) is 0 Å². The largest absolute Gasteiger partial charge is 0.327 e. The average molecular weight is 330 g/mol. The van der Waals surface area contributed by atoms with E-state index in [0.29, 0.717) is 10.0 Å². The number of hydrogen-bond acceptors (Lipinski definition) is 2. The minimum Gasteiger partial charge on any atom is -0.327 e. The summed E-state index contributed by atoms with van der Waals surface area (Å²) < 4.78 is 15.7. The topological polar surface area (TPSA) is 41.6 Å². The molecule has 0 atom stereocenters. The summed E-state index contributed by atoms with van der Waals surface area (Å²) in [6, 6.07) is 12.0. The first-order chi connectivity index (χ1) is 9.60. The smallest absolute Gasteiger partial charge is 0.142 e. The average Bonchev–Trinajstić information content (AvgIpc) is 2.76. The fourth-order valence-corrected chi connectivity index (χ4v) is 2.70. The van der Waals surface area contributed by atoms with Gasteiger partial charge in [0, 0.05) is 17.1 Å². The molecule has 0 bridgehead atoms. The van der Waals surface area contributed by atoms with E-state index in [9.17, 15) is 4.39 Å². The van der Waals surface area contributed by atoms with Gasteiger partial charge in [-0.1, -0.05) is 0 Å². The Morgan fingerprint density at radius 1 is 1.25 bits per heavy atom. The van der Waals surface area contributed by atoms with E-state index < -0.39 is 0 Å². The van der Waals surface area contributed by atoms with Crippen LogP contribution in [0.4, 0.5) is 4.39 Å². The Hall–Kier alpha value is -2.19. The van der Waals surface area contributed by atoms with Crippen molar-refractivity contribution >= 4 is 27.0 Å². The van der Waals surface area contributed by atoms with Crippen LogP contribution in [0.5, 0.6) is 0 Å². The molecule has 20 heavy (non-hydrogen) atoms. The van der Waals surface area contributed by atoms with E-state index in [-0.39, 0.29) is 5.82 Å². The third-order valence-corrected chi connectivity index (χ3v) is 3.84. The summed E-state index contributed by atoms with van der Waals surface area (Å²) in [4.78, 5) is 4.55. The van der Waals surface area contributed by atoms with Crippen molar-refractivity contribution in [3.05, 3.63) is 52.3 Å². The lowest BCUT2D eigenvalue weighted by Crippen LogP contribution is -1.94. The minimum atomic E-state index is -0.300. The molecule has 0 spiro atoms. The van der Waals surface area contributed by atoms with Gasteiger partial charge in [0.25, 0.3) is 0 Å². The molecule has 0 N–H and O–H groups in total. The minimum absolute atomic E-state index is 0.300. The Morgan fingerprint density at radius 2 is 2.05 bits per heavy atom. The molecular formula is C15H9BrFN3. The third kappa shape index (κ3) is 1.98. The van der Waals surface area contributed by atoms with E-state index in [1.807, 2.05) is 17.7 Å². The number of imidazole rings is 1. The lowest BCUT2D eigenvalue weighted by atomic mass is 10.2. The Bertz CT molecular complexity index is 861. The highest BCUT2D eigenvalue weighted by atomic mass is 79.9. The Kier molecular flexibility index (Phi) is 3.03. The highest BCUT2D eigenvalue weighted by Gasteiger charge is 2.13. The van der Waals surface area contributed by atoms with Crippen LogP contribution in [0.2, 0.25) is 0 Å². The number of aromatic nitrogens is 2. The zero-order chi connectivity index (χ0) is 14.3. The van der Waals surface area contributed by atoms with Gasteiger partial charge in [-0.3, -0.25) is 0 Å². The number of benzene rings is 2. The van der Waals surface area contributed by atoms with Crippen molar-refractivity contribution in [2.24, 2.45) is 7.05 Å². The summed E-state index contributed by atoms with van der Waals surface area (Å²) in [5, 5.41) is 8.96. The van der Waals surface area contributed by atoms with Gasteiger partial charge in [0.05, 0.1) is 22.7 Å². The molecule has 3 aromatic rings. The summed E-state index contributed by atoms with van der Waals surface area (Å²) in [6.07, 6.45) is 0. The molecule has 0 aliphatic carbocycles. The van der Waals surface area contributed by atoms with Crippen molar-refractivity contribution in [3.63, 3.8) is 0 Å². The van der Waals surface area contributed by atoms with Gasteiger partial charge in [0.2, 0.25) is 0 Å². The summed E-state index contributed by atoms with van der Waals surface area (Å²) >= 11 is 3.36. The zero-order valence-corrected chi connectivity index (χ0v) is 12.1. The number of nitriles is 1. The van der Waals surface area contributed by atoms with Crippen LogP contribution in [0.25, 0.3) is 22.4 Å². The van der Waals surface area contributed by atoms with Crippen LogP contribution in [0.1, 0.15) is 5.56 Å². The fraction of sp³-hybridized carbons (Fsp3) is 0.0667. The van der Waals surface area contributed by atoms with E-state index in [0.717, 1.165) is 22.4 Å². The maximum atomic E-state index is 13.2. The summed E-state index contributed by atoms with van der Waals surface area (Å²) in [7, 11) is 1.88. The van der Waals surface area contributed by atoms with Gasteiger partial charge >= 0.3 is 0 Å². The molecule has 5 heteroatoms. The van der Waals surface area contributed by atoms with Crippen LogP contribution in [0.15, 0.2) is 40.9 Å². The molecule has 0 unspecified atom stereocenters. The molecule has 0 fully saturated rings. The molecule has 1 aromatic heterocycles. The number of nitrogens with zero attached hydrogens (tertiary/aromatic N) is 3. The van der Waals surface area contributed by atoms with Crippen molar-refractivity contribution in [2.75, 3.05) is 0 Å². The lowest BCUT2D eigenvalue weighted by molar-refractivity contribution is 0.627. The molecule has 98 valence electrons. The van der Waals surface area contributed by atoms with E-state index in [2.05, 4.69) is 27.0 Å². The van der Waals surface area contributed by atoms with Gasteiger partial charge in [-0.25, -0.2) is 9.37 Å². The van der Waals surface area contributed by atoms with Gasteiger partial charge < -0.3 is 4.57 Å². The molecule has 1 heterocycles. The number of fused-ring (bicyclic) bond motifs is 1. The Labute approximate surface area is 123 Å². The predicted molar refractivity (Wildman–Crippen MR) is 78.5 cm³/mol. The Morgan fingerprint density at radius 3 is 2.75 bits per heavy atom. The quantitative estimate of drug-likeness (QED) is 0.676. The molecule has 0 radical (unpaired) electrons. The van der Waals surface area contributed by atoms with E-state index in [1.54, 1.807) is 18.2 Å². The van der Waals surface area contributed by atoms with Gasteiger partial charge in [-0.05, 0) is 52.3 Å². The fourth-order valence-electron chi connectivity index (χ4n) is 2.17. The normalized spacial score (nSPS) is 10.7. The summed E-state index contributed by atoms with van der Waals surface area (Å²) in [5.74, 6) is 0.424. The van der Waals surface area contributed by atoms with Gasteiger partial charge in [0.1, 0.15) is 11.6 Å². The Balaban J connectivity index is 2.27. The second-order valence-electron chi connectivity index (χ2n) is 4.43. The zero-order valence-electron chi connectivity index (χ0n) is 10.6. The second kappa shape index (κ2) is 4.73. The molecule has 0 aliphatic rings. The third-order valence-electron chi connectivity index (χ3n) is 3.18. The number of halogens is 2. The monoisotopic (exact) mass is 329 g/mol. The van der Waals surface area contributed by atoms with Crippen LogP contribution in [0.3, 0.4) is 0 Å². The van der Waals surface area contributed by atoms with Crippen molar-refractivity contribution in [1.29, 1.82) is 5.26 Å².